The Hall–Kier alpha value is -2.59. The van der Waals surface area contributed by atoms with Crippen LogP contribution in [0, 0.1) is 6.92 Å². The molecule has 4 nitrogen and oxygen atoms in total. The summed E-state index contributed by atoms with van der Waals surface area (Å²) in [6.07, 6.45) is 5.41. The van der Waals surface area contributed by atoms with Gasteiger partial charge in [0.25, 0.3) is 0 Å². The Morgan fingerprint density at radius 3 is 2.71 bits per heavy atom. The second kappa shape index (κ2) is 10.1. The standard InChI is InChI=1S/C24H30N2O2/c1-3-28-23-10-5-4-9-21(23)11-12-24(27)25-22-13-15-26(16-14-22)18-20-8-6-7-19(2)17-20/h4-12,17,22H,3,13-16,18H2,1-2H3,(H,25,27)/b12-11+. The molecule has 0 aliphatic carbocycles. The first-order valence-electron chi connectivity index (χ1n) is 10.1. The van der Waals surface area contributed by atoms with Crippen LogP contribution in [0.1, 0.15) is 36.5 Å². The Bertz CT molecular complexity index is 808. The third-order valence-electron chi connectivity index (χ3n) is 5.06. The number of benzene rings is 2. The van der Waals surface area contributed by atoms with Crippen molar-refractivity contribution in [3.63, 3.8) is 0 Å². The number of para-hydroxylation sites is 1. The van der Waals surface area contributed by atoms with E-state index < -0.39 is 0 Å². The molecule has 1 heterocycles. The normalized spacial score (nSPS) is 15.6. The molecule has 1 amide bonds. The fourth-order valence-electron chi connectivity index (χ4n) is 3.62. The van der Waals surface area contributed by atoms with E-state index in [2.05, 4.69) is 41.4 Å². The van der Waals surface area contributed by atoms with Gasteiger partial charge in [-0.25, -0.2) is 0 Å². The van der Waals surface area contributed by atoms with Gasteiger partial charge in [-0.05, 0) is 44.4 Å². The van der Waals surface area contributed by atoms with Crippen molar-refractivity contribution in [2.45, 2.75) is 39.3 Å². The fourth-order valence-corrected chi connectivity index (χ4v) is 3.62. The number of carbonyl (C=O) groups is 1. The van der Waals surface area contributed by atoms with Crippen molar-refractivity contribution in [2.24, 2.45) is 0 Å². The van der Waals surface area contributed by atoms with Gasteiger partial charge >= 0.3 is 0 Å². The summed E-state index contributed by atoms with van der Waals surface area (Å²) in [6.45, 7) is 7.70. The Labute approximate surface area is 168 Å². The van der Waals surface area contributed by atoms with Crippen molar-refractivity contribution < 1.29 is 9.53 Å². The average Bonchev–Trinajstić information content (AvgIpc) is 2.69. The summed E-state index contributed by atoms with van der Waals surface area (Å²) < 4.78 is 5.60. The van der Waals surface area contributed by atoms with E-state index in [1.807, 2.05) is 37.3 Å². The van der Waals surface area contributed by atoms with E-state index in [9.17, 15) is 4.79 Å². The van der Waals surface area contributed by atoms with E-state index in [0.29, 0.717) is 6.61 Å². The summed E-state index contributed by atoms with van der Waals surface area (Å²) in [7, 11) is 0. The highest BCUT2D eigenvalue weighted by molar-refractivity contribution is 5.92. The third-order valence-corrected chi connectivity index (χ3v) is 5.06. The van der Waals surface area contributed by atoms with Crippen LogP contribution in [-0.4, -0.2) is 36.5 Å². The summed E-state index contributed by atoms with van der Waals surface area (Å²) in [5.74, 6) is 0.766. The number of rotatable bonds is 7. The van der Waals surface area contributed by atoms with Crippen molar-refractivity contribution >= 4 is 12.0 Å². The highest BCUT2D eigenvalue weighted by Gasteiger charge is 2.20. The molecule has 0 aromatic heterocycles. The van der Waals surface area contributed by atoms with E-state index in [4.69, 9.17) is 4.74 Å². The SMILES string of the molecule is CCOc1ccccc1/C=C/C(=O)NC1CCN(Cc2cccc(C)c2)CC1. The van der Waals surface area contributed by atoms with Crippen LogP contribution in [-0.2, 0) is 11.3 Å². The molecule has 4 heteroatoms. The first-order chi connectivity index (χ1) is 13.6. The number of carbonyl (C=O) groups excluding carboxylic acids is 1. The third kappa shape index (κ3) is 5.96. The molecule has 1 N–H and O–H groups in total. The van der Waals surface area contributed by atoms with Crippen LogP contribution in [0.25, 0.3) is 6.08 Å². The highest BCUT2D eigenvalue weighted by atomic mass is 16.5. The topological polar surface area (TPSA) is 41.6 Å². The zero-order chi connectivity index (χ0) is 19.8. The minimum atomic E-state index is -0.0385. The van der Waals surface area contributed by atoms with Crippen LogP contribution in [0.15, 0.2) is 54.6 Å². The van der Waals surface area contributed by atoms with Gasteiger partial charge in [-0.1, -0.05) is 48.0 Å². The van der Waals surface area contributed by atoms with Crippen LogP contribution < -0.4 is 10.1 Å². The fraction of sp³-hybridized carbons (Fsp3) is 0.375. The summed E-state index contributed by atoms with van der Waals surface area (Å²) in [4.78, 5) is 14.8. The molecule has 0 radical (unpaired) electrons. The number of amides is 1. The molecule has 0 unspecified atom stereocenters. The van der Waals surface area contributed by atoms with E-state index >= 15 is 0 Å². The number of nitrogens with zero attached hydrogens (tertiary/aromatic N) is 1. The molecule has 2 aromatic carbocycles. The minimum Gasteiger partial charge on any atom is -0.493 e. The molecule has 2 aromatic rings. The molecule has 0 saturated carbocycles. The van der Waals surface area contributed by atoms with Crippen molar-refractivity contribution in [3.05, 3.63) is 71.3 Å². The Balaban J connectivity index is 1.46. The molecule has 1 saturated heterocycles. The Morgan fingerprint density at radius 1 is 1.18 bits per heavy atom. The van der Waals surface area contributed by atoms with Crippen molar-refractivity contribution in [2.75, 3.05) is 19.7 Å². The lowest BCUT2D eigenvalue weighted by atomic mass is 10.0. The largest absolute Gasteiger partial charge is 0.493 e. The Morgan fingerprint density at radius 2 is 1.96 bits per heavy atom. The van der Waals surface area contributed by atoms with Crippen LogP contribution in [0.4, 0.5) is 0 Å². The number of piperidine rings is 1. The van der Waals surface area contributed by atoms with Crippen LogP contribution >= 0.6 is 0 Å². The van der Waals surface area contributed by atoms with Gasteiger partial charge in [0.15, 0.2) is 0 Å². The molecule has 3 rings (SSSR count). The summed E-state index contributed by atoms with van der Waals surface area (Å²) in [6, 6.07) is 16.7. The number of nitrogens with one attached hydrogen (secondary N) is 1. The maximum atomic E-state index is 12.3. The lowest BCUT2D eigenvalue weighted by Gasteiger charge is -2.32. The molecule has 28 heavy (non-hydrogen) atoms. The van der Waals surface area contributed by atoms with Crippen molar-refractivity contribution in [3.8, 4) is 5.75 Å². The quantitative estimate of drug-likeness (QED) is 0.735. The monoisotopic (exact) mass is 378 g/mol. The lowest BCUT2D eigenvalue weighted by Crippen LogP contribution is -2.43. The number of likely N-dealkylation sites (tertiary alicyclic amines) is 1. The van der Waals surface area contributed by atoms with E-state index in [1.54, 1.807) is 6.08 Å². The number of hydrogen-bond acceptors (Lipinski definition) is 3. The molecule has 1 fully saturated rings. The summed E-state index contributed by atoms with van der Waals surface area (Å²) in [5.41, 5.74) is 3.59. The highest BCUT2D eigenvalue weighted by Crippen LogP contribution is 2.19. The van der Waals surface area contributed by atoms with Gasteiger partial charge in [0, 0.05) is 37.3 Å². The average molecular weight is 379 g/mol. The Kier molecular flexibility index (Phi) is 7.26. The smallest absolute Gasteiger partial charge is 0.244 e. The van der Waals surface area contributed by atoms with Gasteiger partial charge in [-0.3, -0.25) is 9.69 Å². The molecule has 148 valence electrons. The van der Waals surface area contributed by atoms with Crippen molar-refractivity contribution in [1.29, 1.82) is 0 Å². The number of ether oxygens (including phenoxy) is 1. The van der Waals surface area contributed by atoms with Gasteiger partial charge in [0.1, 0.15) is 5.75 Å². The van der Waals surface area contributed by atoms with E-state index in [1.165, 1.54) is 11.1 Å². The molecule has 0 atom stereocenters. The second-order valence-corrected chi connectivity index (χ2v) is 7.35. The summed E-state index contributed by atoms with van der Waals surface area (Å²) >= 11 is 0. The van der Waals surface area contributed by atoms with Crippen LogP contribution in [0.3, 0.4) is 0 Å². The molecular weight excluding hydrogens is 348 g/mol. The predicted molar refractivity (Wildman–Crippen MR) is 114 cm³/mol. The number of hydrogen-bond donors (Lipinski definition) is 1. The van der Waals surface area contributed by atoms with E-state index in [0.717, 1.165) is 43.8 Å². The van der Waals surface area contributed by atoms with Crippen molar-refractivity contribution in [1.82, 2.24) is 10.2 Å². The molecular formula is C24H30N2O2. The van der Waals surface area contributed by atoms with Gasteiger partial charge in [-0.15, -0.1) is 0 Å². The summed E-state index contributed by atoms with van der Waals surface area (Å²) in [5, 5.41) is 3.14. The molecule has 1 aliphatic rings. The molecule has 1 aliphatic heterocycles. The first-order valence-corrected chi connectivity index (χ1v) is 10.1. The molecule has 0 bridgehead atoms. The first kappa shape index (κ1) is 20.2. The van der Waals surface area contributed by atoms with Gasteiger partial charge in [0.05, 0.1) is 6.61 Å². The maximum Gasteiger partial charge on any atom is 0.244 e. The van der Waals surface area contributed by atoms with Crippen LogP contribution in [0.2, 0.25) is 0 Å². The minimum absolute atomic E-state index is 0.0385. The second-order valence-electron chi connectivity index (χ2n) is 7.35. The molecule has 0 spiro atoms. The lowest BCUT2D eigenvalue weighted by molar-refractivity contribution is -0.117. The van der Waals surface area contributed by atoms with E-state index in [-0.39, 0.29) is 11.9 Å². The number of aryl methyl sites for hydroxylation is 1. The zero-order valence-electron chi connectivity index (χ0n) is 16.9. The van der Waals surface area contributed by atoms with Gasteiger partial charge in [0.2, 0.25) is 5.91 Å². The zero-order valence-corrected chi connectivity index (χ0v) is 16.9. The maximum absolute atomic E-state index is 12.3. The van der Waals surface area contributed by atoms with Gasteiger partial charge < -0.3 is 10.1 Å². The van der Waals surface area contributed by atoms with Crippen LogP contribution in [0.5, 0.6) is 5.75 Å². The predicted octanol–water partition coefficient (Wildman–Crippen LogP) is 4.19. The van der Waals surface area contributed by atoms with Gasteiger partial charge in [-0.2, -0.15) is 0 Å².